The highest BCUT2D eigenvalue weighted by atomic mass is 15.2. The molecular weight excluding hydrogens is 158 g/mol. The monoisotopic (exact) mass is 177 g/mol. The zero-order valence-corrected chi connectivity index (χ0v) is 8.93. The highest BCUT2D eigenvalue weighted by Crippen LogP contribution is 2.59. The van der Waals surface area contributed by atoms with Crippen molar-refractivity contribution in [3.63, 3.8) is 0 Å². The highest BCUT2D eigenvalue weighted by Gasteiger charge is 2.59. The Morgan fingerprint density at radius 1 is 1.46 bits per heavy atom. The second kappa shape index (κ2) is 2.51. The van der Waals surface area contributed by atoms with Gasteiger partial charge in [0.15, 0.2) is 0 Å². The molecule has 1 saturated carbocycles. The van der Waals surface area contributed by atoms with E-state index in [-0.39, 0.29) is 5.41 Å². The molecule has 0 spiro atoms. The van der Waals surface area contributed by atoms with E-state index in [2.05, 4.69) is 31.7 Å². The van der Waals surface area contributed by atoms with Gasteiger partial charge in [0.1, 0.15) is 0 Å². The van der Waals surface area contributed by atoms with Gasteiger partial charge in [0.25, 0.3) is 0 Å². The lowest BCUT2D eigenvalue weighted by molar-refractivity contribution is 0.191. The average molecular weight is 177 g/mol. The van der Waals surface area contributed by atoms with Gasteiger partial charge in [-0.1, -0.05) is 19.8 Å². The van der Waals surface area contributed by atoms with Crippen LogP contribution in [0.3, 0.4) is 0 Å². The molecule has 2 rings (SSSR count). The first-order valence-electron chi connectivity index (χ1n) is 5.20. The van der Waals surface area contributed by atoms with Crippen LogP contribution >= 0.6 is 0 Å². The van der Waals surface area contributed by atoms with Crippen molar-refractivity contribution in [1.29, 1.82) is 0 Å². The molecule has 0 aromatic carbocycles. The summed E-state index contributed by atoms with van der Waals surface area (Å²) in [6.07, 6.45) is 8.39. The Balaban J connectivity index is 2.42. The molecule has 0 amide bonds. The first-order chi connectivity index (χ1) is 6.04. The summed E-state index contributed by atoms with van der Waals surface area (Å²) in [5.41, 5.74) is 0.553. The molecule has 0 N–H and O–H groups in total. The molecule has 1 heteroatoms. The van der Waals surface area contributed by atoms with Gasteiger partial charge in [-0.25, -0.2) is 0 Å². The zero-order valence-electron chi connectivity index (χ0n) is 8.93. The summed E-state index contributed by atoms with van der Waals surface area (Å²) in [6, 6.07) is 0. The van der Waals surface area contributed by atoms with Gasteiger partial charge in [-0.05, 0) is 31.2 Å². The average Bonchev–Trinajstić information content (AvgIpc) is 2.45. The molecule has 1 unspecified atom stereocenters. The molecule has 1 saturated heterocycles. The molecule has 2 fully saturated rings. The van der Waals surface area contributed by atoms with Crippen LogP contribution in [0.1, 0.15) is 26.7 Å². The van der Waals surface area contributed by atoms with Gasteiger partial charge in [-0.2, -0.15) is 0 Å². The van der Waals surface area contributed by atoms with Crippen molar-refractivity contribution in [2.45, 2.75) is 26.7 Å². The fraction of sp³-hybridized carbons (Fsp3) is 0.833. The maximum Gasteiger partial charge on any atom is 0.0529 e. The third kappa shape index (κ3) is 0.929. The highest BCUT2D eigenvalue weighted by molar-refractivity contribution is 5.23. The summed E-state index contributed by atoms with van der Waals surface area (Å²) in [5, 5.41) is 0. The van der Waals surface area contributed by atoms with Crippen molar-refractivity contribution in [3.8, 4) is 12.3 Å². The van der Waals surface area contributed by atoms with Crippen molar-refractivity contribution in [2.75, 3.05) is 20.1 Å². The molecular formula is C12H19N. The quantitative estimate of drug-likeness (QED) is 0.511. The first-order valence-corrected chi connectivity index (χ1v) is 5.20. The molecule has 72 valence electrons. The Bertz CT molecular complexity index is 265. The van der Waals surface area contributed by atoms with Crippen molar-refractivity contribution >= 4 is 0 Å². The van der Waals surface area contributed by atoms with E-state index in [1.807, 2.05) is 0 Å². The van der Waals surface area contributed by atoms with E-state index in [0.717, 1.165) is 6.54 Å². The Morgan fingerprint density at radius 3 is 2.69 bits per heavy atom. The normalized spacial score (nSPS) is 50.5. The van der Waals surface area contributed by atoms with Crippen LogP contribution in [-0.4, -0.2) is 25.0 Å². The van der Waals surface area contributed by atoms with Gasteiger partial charge in [0, 0.05) is 13.1 Å². The maximum absolute atomic E-state index is 5.77. The van der Waals surface area contributed by atoms with E-state index < -0.39 is 0 Å². The molecule has 1 aliphatic heterocycles. The predicted octanol–water partition coefficient (Wildman–Crippen LogP) is 1.99. The summed E-state index contributed by atoms with van der Waals surface area (Å²) >= 11 is 0. The number of hydrogen-bond donors (Lipinski definition) is 0. The summed E-state index contributed by atoms with van der Waals surface area (Å²) < 4.78 is 0. The molecule has 13 heavy (non-hydrogen) atoms. The minimum Gasteiger partial charge on any atom is -0.304 e. The molecule has 1 aliphatic carbocycles. The van der Waals surface area contributed by atoms with E-state index >= 15 is 0 Å². The summed E-state index contributed by atoms with van der Waals surface area (Å²) in [5.74, 6) is 3.82. The van der Waals surface area contributed by atoms with Gasteiger partial charge >= 0.3 is 0 Å². The van der Waals surface area contributed by atoms with Gasteiger partial charge in [0.05, 0.1) is 5.41 Å². The lowest BCUT2D eigenvalue weighted by Crippen LogP contribution is -2.36. The van der Waals surface area contributed by atoms with E-state index in [4.69, 9.17) is 6.42 Å². The van der Waals surface area contributed by atoms with Gasteiger partial charge in [0.2, 0.25) is 0 Å². The van der Waals surface area contributed by atoms with Crippen LogP contribution in [0.5, 0.6) is 0 Å². The molecule has 0 aromatic heterocycles. The number of fused-ring (bicyclic) bond motifs is 1. The van der Waals surface area contributed by atoms with Crippen LogP contribution in [0.15, 0.2) is 0 Å². The molecule has 1 heterocycles. The number of nitrogens with zero attached hydrogens (tertiary/aromatic N) is 1. The molecule has 0 bridgehead atoms. The number of likely N-dealkylation sites (tertiary alicyclic amines) is 1. The standard InChI is InChI=1S/C12H19N/c1-5-12-9-13(4)8-11(12,3)7-6-10(12)2/h1,10H,6-9H2,2-4H3/t10?,11-,12-/m0/s1. The van der Waals surface area contributed by atoms with Crippen LogP contribution in [0.2, 0.25) is 0 Å². The van der Waals surface area contributed by atoms with E-state index in [9.17, 15) is 0 Å². The molecule has 0 aromatic rings. The second-order valence-electron chi connectivity index (χ2n) is 5.29. The van der Waals surface area contributed by atoms with Crippen LogP contribution in [-0.2, 0) is 0 Å². The van der Waals surface area contributed by atoms with Crippen LogP contribution in [0.25, 0.3) is 0 Å². The predicted molar refractivity (Wildman–Crippen MR) is 55.3 cm³/mol. The topological polar surface area (TPSA) is 3.24 Å². The van der Waals surface area contributed by atoms with Crippen LogP contribution in [0.4, 0.5) is 0 Å². The van der Waals surface area contributed by atoms with Crippen LogP contribution < -0.4 is 0 Å². The SMILES string of the molecule is C#C[C@@]12CN(C)C[C@]1(C)CCC2C. The lowest BCUT2D eigenvalue weighted by Gasteiger charge is -2.34. The third-order valence-corrected chi connectivity index (χ3v) is 4.44. The van der Waals surface area contributed by atoms with E-state index in [1.165, 1.54) is 19.4 Å². The Hall–Kier alpha value is -0.480. The van der Waals surface area contributed by atoms with E-state index in [0.29, 0.717) is 11.3 Å². The first kappa shape index (κ1) is 9.09. The van der Waals surface area contributed by atoms with Crippen molar-refractivity contribution < 1.29 is 0 Å². The maximum atomic E-state index is 5.77. The summed E-state index contributed by atoms with van der Waals surface area (Å²) in [7, 11) is 2.19. The van der Waals surface area contributed by atoms with Crippen LogP contribution in [0, 0.1) is 29.1 Å². The Kier molecular flexibility index (Phi) is 1.76. The fourth-order valence-corrected chi connectivity index (χ4v) is 3.61. The zero-order chi connectivity index (χ0) is 9.69. The minimum absolute atomic E-state index is 0.168. The van der Waals surface area contributed by atoms with Gasteiger partial charge in [-0.3, -0.25) is 0 Å². The third-order valence-electron chi connectivity index (χ3n) is 4.44. The number of hydrogen-bond acceptors (Lipinski definition) is 1. The molecule has 3 atom stereocenters. The molecule has 2 aliphatic rings. The molecule has 0 radical (unpaired) electrons. The Labute approximate surface area is 81.5 Å². The number of rotatable bonds is 0. The Morgan fingerprint density at radius 2 is 2.15 bits per heavy atom. The smallest absolute Gasteiger partial charge is 0.0529 e. The van der Waals surface area contributed by atoms with Gasteiger partial charge in [-0.15, -0.1) is 6.42 Å². The van der Waals surface area contributed by atoms with Crippen molar-refractivity contribution in [2.24, 2.45) is 16.7 Å². The fourth-order valence-electron chi connectivity index (χ4n) is 3.61. The van der Waals surface area contributed by atoms with Crippen molar-refractivity contribution in [3.05, 3.63) is 0 Å². The summed E-state index contributed by atoms with van der Waals surface area (Å²) in [4.78, 5) is 2.40. The van der Waals surface area contributed by atoms with E-state index in [1.54, 1.807) is 0 Å². The lowest BCUT2D eigenvalue weighted by atomic mass is 9.66. The van der Waals surface area contributed by atoms with Gasteiger partial charge < -0.3 is 4.90 Å². The van der Waals surface area contributed by atoms with Crippen molar-refractivity contribution in [1.82, 2.24) is 4.90 Å². The minimum atomic E-state index is 0.168. The largest absolute Gasteiger partial charge is 0.304 e. The summed E-state index contributed by atoms with van der Waals surface area (Å²) in [6.45, 7) is 6.98. The number of terminal acetylenes is 1. The molecule has 1 nitrogen and oxygen atoms in total. The second-order valence-corrected chi connectivity index (χ2v) is 5.29.